The van der Waals surface area contributed by atoms with E-state index >= 15 is 0 Å². The molecule has 1 saturated heterocycles. The maximum atomic E-state index is 14.2. The van der Waals surface area contributed by atoms with Gasteiger partial charge in [-0.2, -0.15) is 13.2 Å². The molecule has 2 rings (SSSR count). The fourth-order valence-corrected chi connectivity index (χ4v) is 4.44. The number of halogens is 3. The number of hydrogen-bond acceptors (Lipinski definition) is 3. The van der Waals surface area contributed by atoms with E-state index in [4.69, 9.17) is 9.16 Å². The van der Waals surface area contributed by atoms with E-state index in [2.05, 4.69) is 33.9 Å². The SMILES string of the molecule is CO[C@@](C(=O)N1CCC[C@H]1CO[Si](C)(C)C(C)(C)C)(c1ccccc1)C(F)(F)F. The Labute approximate surface area is 172 Å². The van der Waals surface area contributed by atoms with Gasteiger partial charge in [-0.05, 0) is 31.0 Å². The number of likely N-dealkylation sites (tertiary alicyclic amines) is 1. The molecule has 1 aliphatic rings. The molecule has 164 valence electrons. The van der Waals surface area contributed by atoms with Gasteiger partial charge in [0.2, 0.25) is 0 Å². The molecule has 2 atom stereocenters. The van der Waals surface area contributed by atoms with Crippen molar-refractivity contribution in [1.82, 2.24) is 4.90 Å². The summed E-state index contributed by atoms with van der Waals surface area (Å²) in [6.45, 7) is 11.0. The molecule has 0 bridgehead atoms. The van der Waals surface area contributed by atoms with Gasteiger partial charge in [-0.15, -0.1) is 0 Å². The van der Waals surface area contributed by atoms with Gasteiger partial charge in [0.1, 0.15) is 0 Å². The van der Waals surface area contributed by atoms with E-state index in [1.807, 2.05) is 0 Å². The van der Waals surface area contributed by atoms with Crippen molar-refractivity contribution >= 4 is 14.2 Å². The highest BCUT2D eigenvalue weighted by atomic mass is 28.4. The summed E-state index contributed by atoms with van der Waals surface area (Å²) in [5.41, 5.74) is -3.23. The van der Waals surface area contributed by atoms with Gasteiger partial charge in [0.15, 0.2) is 8.32 Å². The molecular weight excluding hydrogens is 399 g/mol. The van der Waals surface area contributed by atoms with E-state index < -0.39 is 32.0 Å². The van der Waals surface area contributed by atoms with E-state index in [1.165, 1.54) is 29.2 Å². The highest BCUT2D eigenvalue weighted by Crippen LogP contribution is 2.44. The van der Waals surface area contributed by atoms with Gasteiger partial charge in [-0.25, -0.2) is 0 Å². The molecule has 1 amide bonds. The van der Waals surface area contributed by atoms with Crippen LogP contribution in [0.5, 0.6) is 0 Å². The fraction of sp³-hybridized carbons (Fsp3) is 0.667. The lowest BCUT2D eigenvalue weighted by molar-refractivity contribution is -0.270. The van der Waals surface area contributed by atoms with Crippen molar-refractivity contribution in [3.05, 3.63) is 35.9 Å². The van der Waals surface area contributed by atoms with Crippen LogP contribution in [0.2, 0.25) is 18.1 Å². The Balaban J connectivity index is 2.33. The Kier molecular flexibility index (Phi) is 6.92. The van der Waals surface area contributed by atoms with Crippen molar-refractivity contribution in [1.29, 1.82) is 0 Å². The van der Waals surface area contributed by atoms with Gasteiger partial charge in [0, 0.05) is 19.2 Å². The van der Waals surface area contributed by atoms with Crippen LogP contribution >= 0.6 is 0 Å². The van der Waals surface area contributed by atoms with Crippen molar-refractivity contribution in [3.8, 4) is 0 Å². The smallest absolute Gasteiger partial charge is 0.415 e. The van der Waals surface area contributed by atoms with Crippen molar-refractivity contribution in [2.45, 2.75) is 69.6 Å². The minimum Gasteiger partial charge on any atom is -0.415 e. The first-order valence-corrected chi connectivity index (χ1v) is 12.8. The summed E-state index contributed by atoms with van der Waals surface area (Å²) in [5, 5.41) is -0.0211. The molecule has 1 fully saturated rings. The highest BCUT2D eigenvalue weighted by Gasteiger charge is 2.64. The van der Waals surface area contributed by atoms with Gasteiger partial charge in [0.05, 0.1) is 12.6 Å². The minimum atomic E-state index is -4.90. The lowest BCUT2D eigenvalue weighted by Crippen LogP contribution is -2.58. The summed E-state index contributed by atoms with van der Waals surface area (Å²) < 4.78 is 53.9. The molecule has 8 heteroatoms. The molecule has 1 aromatic rings. The summed E-state index contributed by atoms with van der Waals surface area (Å²) in [4.78, 5) is 14.6. The molecule has 1 aliphatic heterocycles. The first kappa shape index (κ1) is 23.9. The molecule has 0 radical (unpaired) electrons. The molecule has 1 aromatic carbocycles. The van der Waals surface area contributed by atoms with Crippen LogP contribution in [-0.2, 0) is 19.6 Å². The Morgan fingerprint density at radius 1 is 1.17 bits per heavy atom. The van der Waals surface area contributed by atoms with Crippen molar-refractivity contribution in [3.63, 3.8) is 0 Å². The monoisotopic (exact) mass is 431 g/mol. The molecule has 0 N–H and O–H groups in total. The van der Waals surface area contributed by atoms with Gasteiger partial charge in [-0.3, -0.25) is 4.79 Å². The zero-order valence-corrected chi connectivity index (χ0v) is 19.1. The third kappa shape index (κ3) is 4.54. The average molecular weight is 432 g/mol. The second-order valence-electron chi connectivity index (χ2n) is 9.12. The minimum absolute atomic E-state index is 0.0211. The number of rotatable bonds is 6. The molecular formula is C21H32F3NO3Si. The third-order valence-electron chi connectivity index (χ3n) is 6.27. The van der Waals surface area contributed by atoms with E-state index in [9.17, 15) is 18.0 Å². The molecule has 0 unspecified atom stereocenters. The van der Waals surface area contributed by atoms with Crippen molar-refractivity contribution < 1.29 is 27.1 Å². The Hall–Kier alpha value is -1.38. The molecule has 0 aliphatic carbocycles. The number of methoxy groups -OCH3 is 1. The quantitative estimate of drug-likeness (QED) is 0.588. The predicted molar refractivity (Wildman–Crippen MR) is 109 cm³/mol. The molecule has 29 heavy (non-hydrogen) atoms. The second-order valence-corrected chi connectivity index (χ2v) is 13.9. The van der Waals surface area contributed by atoms with Gasteiger partial charge in [0.25, 0.3) is 11.5 Å². The topological polar surface area (TPSA) is 38.8 Å². The lowest BCUT2D eigenvalue weighted by atomic mass is 9.90. The van der Waals surface area contributed by atoms with Crippen LogP contribution in [0.1, 0.15) is 39.2 Å². The zero-order chi connectivity index (χ0) is 22.1. The normalized spacial score (nSPS) is 20.6. The number of alkyl halides is 3. The zero-order valence-electron chi connectivity index (χ0n) is 18.1. The highest BCUT2D eigenvalue weighted by molar-refractivity contribution is 6.74. The first-order valence-electron chi connectivity index (χ1n) is 9.90. The van der Waals surface area contributed by atoms with Crippen LogP contribution in [-0.4, -0.2) is 51.6 Å². The molecule has 0 spiro atoms. The van der Waals surface area contributed by atoms with Crippen LogP contribution in [0.3, 0.4) is 0 Å². The van der Waals surface area contributed by atoms with Crippen molar-refractivity contribution in [2.24, 2.45) is 0 Å². The first-order chi connectivity index (χ1) is 13.3. The molecule has 1 heterocycles. The lowest BCUT2D eigenvalue weighted by Gasteiger charge is -2.40. The number of benzene rings is 1. The molecule has 4 nitrogen and oxygen atoms in total. The van der Waals surface area contributed by atoms with E-state index in [-0.39, 0.29) is 23.8 Å². The Bertz CT molecular complexity index is 703. The summed E-state index contributed by atoms with van der Waals surface area (Å²) in [6.07, 6.45) is -3.63. The summed E-state index contributed by atoms with van der Waals surface area (Å²) >= 11 is 0. The van der Waals surface area contributed by atoms with Gasteiger partial charge >= 0.3 is 6.18 Å². The van der Waals surface area contributed by atoms with Crippen LogP contribution in [0.25, 0.3) is 0 Å². The van der Waals surface area contributed by atoms with Gasteiger partial charge < -0.3 is 14.1 Å². The summed E-state index contributed by atoms with van der Waals surface area (Å²) in [6, 6.07) is 6.74. The van der Waals surface area contributed by atoms with Crippen LogP contribution in [0, 0.1) is 0 Å². The van der Waals surface area contributed by atoms with Crippen LogP contribution in [0.15, 0.2) is 30.3 Å². The fourth-order valence-electron chi connectivity index (χ4n) is 3.40. The molecule has 0 saturated carbocycles. The van der Waals surface area contributed by atoms with E-state index in [1.54, 1.807) is 6.07 Å². The summed E-state index contributed by atoms with van der Waals surface area (Å²) in [5.74, 6) is -1.07. The standard InChI is InChI=1S/C21H32F3NO3Si/c1-19(2,3)29(5,6)28-15-17-13-10-14-25(17)18(26)20(27-4,21(22,23)24)16-11-8-7-9-12-16/h7-9,11-12,17H,10,13-15H2,1-6H3/t17-,20+/m0/s1. The Morgan fingerprint density at radius 2 is 1.76 bits per heavy atom. The van der Waals surface area contributed by atoms with E-state index in [0.717, 1.165) is 7.11 Å². The van der Waals surface area contributed by atoms with Gasteiger partial charge in [-0.1, -0.05) is 51.1 Å². The number of ether oxygens (including phenoxy) is 1. The number of carbonyl (C=O) groups is 1. The Morgan fingerprint density at radius 3 is 2.24 bits per heavy atom. The third-order valence-corrected chi connectivity index (χ3v) is 10.8. The number of carbonyl (C=O) groups excluding carboxylic acids is 1. The molecule has 0 aromatic heterocycles. The number of amides is 1. The van der Waals surface area contributed by atoms with Crippen molar-refractivity contribution in [2.75, 3.05) is 20.3 Å². The number of hydrogen-bond donors (Lipinski definition) is 0. The van der Waals surface area contributed by atoms with Crippen LogP contribution < -0.4 is 0 Å². The summed E-state index contributed by atoms with van der Waals surface area (Å²) in [7, 11) is -1.14. The number of nitrogens with zero attached hydrogens (tertiary/aromatic N) is 1. The second kappa shape index (κ2) is 8.39. The van der Waals surface area contributed by atoms with Crippen LogP contribution in [0.4, 0.5) is 13.2 Å². The van der Waals surface area contributed by atoms with E-state index in [0.29, 0.717) is 12.8 Å². The largest absolute Gasteiger partial charge is 0.430 e. The maximum Gasteiger partial charge on any atom is 0.430 e. The predicted octanol–water partition coefficient (Wildman–Crippen LogP) is 5.10. The maximum absolute atomic E-state index is 14.2. The average Bonchev–Trinajstić information content (AvgIpc) is 3.08.